The Kier molecular flexibility index (Phi) is 5.94. The fraction of sp³-hybridized carbons (Fsp3) is 0.650. The second kappa shape index (κ2) is 8.17. The Morgan fingerprint density at radius 2 is 1.80 bits per heavy atom. The van der Waals surface area contributed by atoms with Crippen LogP contribution in [0.4, 0.5) is 10.1 Å². The van der Waals surface area contributed by atoms with Crippen LogP contribution in [-0.2, 0) is 4.79 Å². The van der Waals surface area contributed by atoms with Gasteiger partial charge in [0.1, 0.15) is 5.82 Å². The van der Waals surface area contributed by atoms with Crippen molar-refractivity contribution in [2.75, 3.05) is 44.2 Å². The first-order valence-corrected chi connectivity index (χ1v) is 9.66. The topological polar surface area (TPSA) is 28.0 Å². The van der Waals surface area contributed by atoms with Crippen LogP contribution in [0.2, 0.25) is 0 Å². The number of likely N-dealkylation sites (tertiary alicyclic amines) is 1. The van der Waals surface area contributed by atoms with Crippen molar-refractivity contribution in [3.63, 3.8) is 0 Å². The van der Waals surface area contributed by atoms with Crippen LogP contribution in [0.25, 0.3) is 0 Å². The summed E-state index contributed by atoms with van der Waals surface area (Å²) >= 11 is 0. The minimum Gasteiger partial charge on any atom is -0.358 e. The monoisotopic (exact) mass is 348 g/mol. The Hall–Kier alpha value is -1.62. The third-order valence-electron chi connectivity index (χ3n) is 5.61. The molecule has 0 aromatic heterocycles. The Labute approximate surface area is 150 Å². The van der Waals surface area contributed by atoms with Crippen molar-refractivity contribution in [3.8, 4) is 0 Å². The lowest BCUT2D eigenvalue weighted by molar-refractivity contribution is -0.927. The van der Waals surface area contributed by atoms with Crippen molar-refractivity contribution in [1.29, 1.82) is 0 Å². The number of halogens is 1. The molecule has 1 aromatic carbocycles. The number of para-hydroxylation sites is 1. The van der Waals surface area contributed by atoms with E-state index in [4.69, 9.17) is 0 Å². The number of amides is 1. The number of quaternary nitrogens is 1. The molecule has 1 N–H and O–H groups in total. The molecule has 138 valence electrons. The third kappa shape index (κ3) is 4.51. The summed E-state index contributed by atoms with van der Waals surface area (Å²) in [4.78, 5) is 18.0. The molecule has 2 heterocycles. The molecule has 0 bridgehead atoms. The quantitative estimate of drug-likeness (QED) is 0.895. The molecule has 1 aromatic rings. The minimum atomic E-state index is -0.122. The molecule has 2 fully saturated rings. The highest BCUT2D eigenvalue weighted by molar-refractivity contribution is 5.76. The predicted octanol–water partition coefficient (Wildman–Crippen LogP) is 1.57. The highest BCUT2D eigenvalue weighted by Crippen LogP contribution is 2.18. The lowest BCUT2D eigenvalue weighted by Gasteiger charge is -2.41. The number of nitrogens with one attached hydrogen (secondary N) is 1. The summed E-state index contributed by atoms with van der Waals surface area (Å²) in [5.41, 5.74) is 0.732. The number of carbonyl (C=O) groups is 1. The maximum Gasteiger partial charge on any atom is 0.222 e. The van der Waals surface area contributed by atoms with E-state index in [1.54, 1.807) is 17.0 Å². The van der Waals surface area contributed by atoms with Crippen molar-refractivity contribution >= 4 is 11.6 Å². The van der Waals surface area contributed by atoms with Gasteiger partial charge in [-0.05, 0) is 18.1 Å². The lowest BCUT2D eigenvalue weighted by Crippen LogP contribution is -3.18. The van der Waals surface area contributed by atoms with Crippen LogP contribution in [-0.4, -0.2) is 56.1 Å². The van der Waals surface area contributed by atoms with Crippen molar-refractivity contribution in [1.82, 2.24) is 4.90 Å². The van der Waals surface area contributed by atoms with Crippen LogP contribution in [0.1, 0.15) is 33.1 Å². The first-order chi connectivity index (χ1) is 12.0. The number of nitrogens with zero attached hydrogens (tertiary/aromatic N) is 2. The second-order valence-corrected chi connectivity index (χ2v) is 7.85. The summed E-state index contributed by atoms with van der Waals surface area (Å²) in [6.45, 7) is 9.92. The van der Waals surface area contributed by atoms with Crippen molar-refractivity contribution in [2.24, 2.45) is 5.92 Å². The van der Waals surface area contributed by atoms with Crippen LogP contribution >= 0.6 is 0 Å². The van der Waals surface area contributed by atoms with Gasteiger partial charge in [0.15, 0.2) is 0 Å². The lowest BCUT2D eigenvalue weighted by atomic mass is 10.0. The Balaban J connectivity index is 1.47. The van der Waals surface area contributed by atoms with Crippen molar-refractivity contribution in [2.45, 2.75) is 39.2 Å². The van der Waals surface area contributed by atoms with Gasteiger partial charge in [-0.15, -0.1) is 0 Å². The van der Waals surface area contributed by atoms with Gasteiger partial charge in [0.25, 0.3) is 0 Å². The van der Waals surface area contributed by atoms with Gasteiger partial charge in [0.2, 0.25) is 5.91 Å². The molecular weight excluding hydrogens is 317 g/mol. The molecule has 0 radical (unpaired) electrons. The second-order valence-electron chi connectivity index (χ2n) is 7.85. The van der Waals surface area contributed by atoms with E-state index in [0.717, 1.165) is 57.8 Å². The number of piperazine rings is 1. The molecular formula is C20H31FN3O+. The van der Waals surface area contributed by atoms with Crippen LogP contribution in [0.3, 0.4) is 0 Å². The van der Waals surface area contributed by atoms with Crippen molar-refractivity contribution < 1.29 is 14.1 Å². The number of hydrogen-bond acceptors (Lipinski definition) is 2. The molecule has 1 amide bonds. The first-order valence-electron chi connectivity index (χ1n) is 9.66. The molecule has 25 heavy (non-hydrogen) atoms. The van der Waals surface area contributed by atoms with Crippen LogP contribution in [0, 0.1) is 11.7 Å². The Bertz CT molecular complexity index is 576. The van der Waals surface area contributed by atoms with E-state index in [1.807, 2.05) is 17.0 Å². The number of benzene rings is 1. The predicted molar refractivity (Wildman–Crippen MR) is 98.4 cm³/mol. The van der Waals surface area contributed by atoms with E-state index in [1.165, 1.54) is 0 Å². The molecule has 5 heteroatoms. The van der Waals surface area contributed by atoms with Gasteiger partial charge in [0.05, 0.1) is 37.9 Å². The molecule has 0 aliphatic carbocycles. The summed E-state index contributed by atoms with van der Waals surface area (Å²) in [6, 6.07) is 7.71. The minimum absolute atomic E-state index is 0.122. The zero-order valence-corrected chi connectivity index (χ0v) is 15.5. The van der Waals surface area contributed by atoms with E-state index in [2.05, 4.69) is 18.7 Å². The first kappa shape index (κ1) is 18.2. The summed E-state index contributed by atoms with van der Waals surface area (Å²) in [5, 5.41) is 0. The van der Waals surface area contributed by atoms with E-state index in [0.29, 0.717) is 24.3 Å². The van der Waals surface area contributed by atoms with Gasteiger partial charge in [-0.25, -0.2) is 4.39 Å². The van der Waals surface area contributed by atoms with Crippen LogP contribution in [0.15, 0.2) is 24.3 Å². The van der Waals surface area contributed by atoms with Crippen LogP contribution < -0.4 is 9.80 Å². The molecule has 0 atom stereocenters. The Morgan fingerprint density at radius 3 is 2.40 bits per heavy atom. The number of piperidine rings is 1. The Morgan fingerprint density at radius 1 is 1.16 bits per heavy atom. The highest BCUT2D eigenvalue weighted by Gasteiger charge is 2.32. The summed E-state index contributed by atoms with van der Waals surface area (Å²) in [7, 11) is 0. The van der Waals surface area contributed by atoms with E-state index >= 15 is 0 Å². The zero-order valence-electron chi connectivity index (χ0n) is 15.5. The molecule has 2 aliphatic rings. The summed E-state index contributed by atoms with van der Waals surface area (Å²) in [6.07, 6.45) is 2.86. The molecule has 4 nitrogen and oxygen atoms in total. The normalized spacial score (nSPS) is 20.3. The van der Waals surface area contributed by atoms with E-state index < -0.39 is 0 Å². The average molecular weight is 348 g/mol. The van der Waals surface area contributed by atoms with E-state index in [9.17, 15) is 9.18 Å². The smallest absolute Gasteiger partial charge is 0.222 e. The molecule has 2 aliphatic heterocycles. The van der Waals surface area contributed by atoms with Gasteiger partial charge in [0, 0.05) is 32.4 Å². The molecule has 0 spiro atoms. The molecule has 0 saturated carbocycles. The number of anilines is 1. The summed E-state index contributed by atoms with van der Waals surface area (Å²) < 4.78 is 13.9. The van der Waals surface area contributed by atoms with Gasteiger partial charge >= 0.3 is 0 Å². The third-order valence-corrected chi connectivity index (χ3v) is 5.61. The molecule has 0 unspecified atom stereocenters. The van der Waals surface area contributed by atoms with Gasteiger partial charge in [-0.2, -0.15) is 0 Å². The van der Waals surface area contributed by atoms with Crippen molar-refractivity contribution in [3.05, 3.63) is 30.1 Å². The largest absolute Gasteiger partial charge is 0.358 e. The number of carbonyl (C=O) groups excluding carboxylic acids is 1. The summed E-state index contributed by atoms with van der Waals surface area (Å²) in [5.74, 6) is 0.623. The standard InChI is InChI=1S/C20H30FN3O/c1-16(2)15-20(25)24-9-7-17(8-10-24)22-11-13-23(14-12-22)19-6-4-3-5-18(19)21/h3-6,16-17H,7-15H2,1-2H3/p+1. The fourth-order valence-corrected chi connectivity index (χ4v) is 4.17. The maximum atomic E-state index is 13.9. The maximum absolute atomic E-state index is 13.9. The van der Waals surface area contributed by atoms with E-state index in [-0.39, 0.29) is 5.82 Å². The van der Waals surface area contributed by atoms with Gasteiger partial charge < -0.3 is 14.7 Å². The highest BCUT2D eigenvalue weighted by atomic mass is 19.1. The fourth-order valence-electron chi connectivity index (χ4n) is 4.17. The SMILES string of the molecule is CC(C)CC(=O)N1CCC([NH+]2CCN(c3ccccc3F)CC2)CC1. The number of hydrogen-bond donors (Lipinski definition) is 1. The van der Waals surface area contributed by atoms with Crippen LogP contribution in [0.5, 0.6) is 0 Å². The molecule has 2 saturated heterocycles. The van der Waals surface area contributed by atoms with Gasteiger partial charge in [-0.1, -0.05) is 26.0 Å². The molecule has 3 rings (SSSR count). The number of rotatable bonds is 4. The average Bonchev–Trinajstić information content (AvgIpc) is 2.62. The van der Waals surface area contributed by atoms with Gasteiger partial charge in [-0.3, -0.25) is 4.79 Å². The zero-order chi connectivity index (χ0) is 17.8.